The van der Waals surface area contributed by atoms with Crippen molar-refractivity contribution in [1.29, 1.82) is 5.26 Å². The smallest absolute Gasteiger partial charge is 0.0638 e. The van der Waals surface area contributed by atoms with Crippen LogP contribution in [0, 0.1) is 11.3 Å². The SMILES string of the molecule is CCC(CC#N)NC1CNC1. The van der Waals surface area contributed by atoms with Crippen molar-refractivity contribution in [3.05, 3.63) is 0 Å². The topological polar surface area (TPSA) is 47.9 Å². The van der Waals surface area contributed by atoms with Crippen LogP contribution in [0.2, 0.25) is 0 Å². The summed E-state index contributed by atoms with van der Waals surface area (Å²) >= 11 is 0. The highest BCUT2D eigenvalue weighted by Gasteiger charge is 2.18. The van der Waals surface area contributed by atoms with Gasteiger partial charge in [0.25, 0.3) is 0 Å². The van der Waals surface area contributed by atoms with Gasteiger partial charge in [0.05, 0.1) is 12.5 Å². The maximum Gasteiger partial charge on any atom is 0.0638 e. The van der Waals surface area contributed by atoms with E-state index in [0.29, 0.717) is 18.5 Å². The van der Waals surface area contributed by atoms with Crippen LogP contribution in [0.3, 0.4) is 0 Å². The first-order valence-electron chi connectivity index (χ1n) is 4.20. The van der Waals surface area contributed by atoms with E-state index >= 15 is 0 Å². The number of rotatable bonds is 4. The van der Waals surface area contributed by atoms with Crippen LogP contribution in [0.15, 0.2) is 0 Å². The Morgan fingerprint density at radius 3 is 2.82 bits per heavy atom. The monoisotopic (exact) mass is 153 g/mol. The second-order valence-electron chi connectivity index (χ2n) is 2.99. The van der Waals surface area contributed by atoms with E-state index in [9.17, 15) is 0 Å². The molecule has 0 bridgehead atoms. The molecular weight excluding hydrogens is 138 g/mol. The molecule has 3 nitrogen and oxygen atoms in total. The molecule has 11 heavy (non-hydrogen) atoms. The van der Waals surface area contributed by atoms with Crippen molar-refractivity contribution in [3.63, 3.8) is 0 Å². The normalized spacial score (nSPS) is 20.4. The van der Waals surface area contributed by atoms with Gasteiger partial charge in [0.15, 0.2) is 0 Å². The van der Waals surface area contributed by atoms with E-state index in [2.05, 4.69) is 23.6 Å². The second-order valence-corrected chi connectivity index (χ2v) is 2.99. The Morgan fingerprint density at radius 1 is 1.73 bits per heavy atom. The fourth-order valence-electron chi connectivity index (χ4n) is 1.17. The average Bonchev–Trinajstić information content (AvgIpc) is 1.94. The Labute approximate surface area is 67.8 Å². The summed E-state index contributed by atoms with van der Waals surface area (Å²) in [7, 11) is 0. The number of hydrogen-bond donors (Lipinski definition) is 2. The van der Waals surface area contributed by atoms with Gasteiger partial charge in [-0.2, -0.15) is 5.26 Å². The Balaban J connectivity index is 2.14. The van der Waals surface area contributed by atoms with Crippen molar-refractivity contribution < 1.29 is 0 Å². The Hall–Kier alpha value is -0.590. The van der Waals surface area contributed by atoms with Crippen LogP contribution in [-0.4, -0.2) is 25.2 Å². The largest absolute Gasteiger partial charge is 0.314 e. The molecule has 1 aliphatic rings. The minimum Gasteiger partial charge on any atom is -0.314 e. The lowest BCUT2D eigenvalue weighted by atomic mass is 10.1. The van der Waals surface area contributed by atoms with Gasteiger partial charge in [-0.1, -0.05) is 6.92 Å². The van der Waals surface area contributed by atoms with Crippen LogP contribution in [0.4, 0.5) is 0 Å². The Bertz CT molecular complexity index is 146. The van der Waals surface area contributed by atoms with Gasteiger partial charge in [-0.3, -0.25) is 0 Å². The molecule has 1 heterocycles. The third-order valence-electron chi connectivity index (χ3n) is 2.08. The van der Waals surface area contributed by atoms with E-state index in [1.807, 2.05) is 0 Å². The summed E-state index contributed by atoms with van der Waals surface area (Å²) in [6.45, 7) is 4.23. The second kappa shape index (κ2) is 4.32. The van der Waals surface area contributed by atoms with Crippen LogP contribution < -0.4 is 10.6 Å². The zero-order valence-corrected chi connectivity index (χ0v) is 6.93. The van der Waals surface area contributed by atoms with E-state index in [1.165, 1.54) is 0 Å². The Morgan fingerprint density at radius 2 is 2.45 bits per heavy atom. The molecule has 0 radical (unpaired) electrons. The zero-order chi connectivity index (χ0) is 8.10. The molecule has 1 saturated heterocycles. The first-order chi connectivity index (χ1) is 5.36. The third-order valence-corrected chi connectivity index (χ3v) is 2.08. The number of nitrogens with zero attached hydrogens (tertiary/aromatic N) is 1. The average molecular weight is 153 g/mol. The molecule has 0 aromatic rings. The van der Waals surface area contributed by atoms with Crippen molar-refractivity contribution in [2.75, 3.05) is 13.1 Å². The molecule has 0 saturated carbocycles. The van der Waals surface area contributed by atoms with Crippen LogP contribution in [0.25, 0.3) is 0 Å². The predicted octanol–water partition coefficient (Wildman–Crippen LogP) is 0.240. The van der Waals surface area contributed by atoms with Crippen molar-refractivity contribution in [3.8, 4) is 6.07 Å². The molecule has 0 spiro atoms. The number of nitrogens with one attached hydrogen (secondary N) is 2. The maximum atomic E-state index is 8.47. The molecule has 1 unspecified atom stereocenters. The van der Waals surface area contributed by atoms with Gasteiger partial charge in [-0.05, 0) is 6.42 Å². The first-order valence-corrected chi connectivity index (χ1v) is 4.20. The van der Waals surface area contributed by atoms with Gasteiger partial charge in [0, 0.05) is 25.2 Å². The molecule has 1 aliphatic heterocycles. The summed E-state index contributed by atoms with van der Waals surface area (Å²) in [6, 6.07) is 3.19. The summed E-state index contributed by atoms with van der Waals surface area (Å²) in [5.41, 5.74) is 0. The van der Waals surface area contributed by atoms with Crippen LogP contribution in [0.1, 0.15) is 19.8 Å². The summed E-state index contributed by atoms with van der Waals surface area (Å²) < 4.78 is 0. The fourth-order valence-corrected chi connectivity index (χ4v) is 1.17. The summed E-state index contributed by atoms with van der Waals surface area (Å²) in [4.78, 5) is 0. The summed E-state index contributed by atoms with van der Waals surface area (Å²) in [5, 5.41) is 15.1. The zero-order valence-electron chi connectivity index (χ0n) is 6.93. The first kappa shape index (κ1) is 8.51. The van der Waals surface area contributed by atoms with Crippen LogP contribution in [-0.2, 0) is 0 Å². The van der Waals surface area contributed by atoms with Crippen LogP contribution >= 0.6 is 0 Å². The van der Waals surface area contributed by atoms with Gasteiger partial charge in [-0.25, -0.2) is 0 Å². The molecule has 1 atom stereocenters. The highest BCUT2D eigenvalue weighted by atomic mass is 15.1. The lowest BCUT2D eigenvalue weighted by Crippen LogP contribution is -2.57. The van der Waals surface area contributed by atoms with Gasteiger partial charge < -0.3 is 10.6 Å². The molecule has 62 valence electrons. The highest BCUT2D eigenvalue weighted by molar-refractivity contribution is 4.88. The molecule has 3 heteroatoms. The van der Waals surface area contributed by atoms with Crippen molar-refractivity contribution in [2.45, 2.75) is 31.8 Å². The summed E-state index contributed by atoms with van der Waals surface area (Å²) in [6.07, 6.45) is 1.68. The lowest BCUT2D eigenvalue weighted by Gasteiger charge is -2.31. The molecule has 2 N–H and O–H groups in total. The molecule has 0 aliphatic carbocycles. The quantitative estimate of drug-likeness (QED) is 0.608. The molecule has 0 aromatic carbocycles. The fraction of sp³-hybridized carbons (Fsp3) is 0.875. The van der Waals surface area contributed by atoms with Gasteiger partial charge >= 0.3 is 0 Å². The molecule has 0 amide bonds. The number of nitriles is 1. The van der Waals surface area contributed by atoms with E-state index in [4.69, 9.17) is 5.26 Å². The van der Waals surface area contributed by atoms with E-state index in [1.54, 1.807) is 0 Å². The molecular formula is C8H15N3. The van der Waals surface area contributed by atoms with Gasteiger partial charge in [0.2, 0.25) is 0 Å². The minimum absolute atomic E-state index is 0.395. The van der Waals surface area contributed by atoms with Crippen molar-refractivity contribution in [2.24, 2.45) is 0 Å². The van der Waals surface area contributed by atoms with Crippen LogP contribution in [0.5, 0.6) is 0 Å². The standard InChI is InChI=1S/C8H15N3/c1-2-7(3-4-9)11-8-5-10-6-8/h7-8,10-11H,2-3,5-6H2,1H3. The third kappa shape index (κ3) is 2.49. The van der Waals surface area contributed by atoms with E-state index < -0.39 is 0 Å². The van der Waals surface area contributed by atoms with Gasteiger partial charge in [-0.15, -0.1) is 0 Å². The van der Waals surface area contributed by atoms with Crippen molar-refractivity contribution in [1.82, 2.24) is 10.6 Å². The lowest BCUT2D eigenvalue weighted by molar-refractivity contribution is 0.324. The van der Waals surface area contributed by atoms with Crippen molar-refractivity contribution >= 4 is 0 Å². The molecule has 1 rings (SSSR count). The predicted molar refractivity (Wildman–Crippen MR) is 44.1 cm³/mol. The van der Waals surface area contributed by atoms with E-state index in [0.717, 1.165) is 19.5 Å². The number of hydrogen-bond acceptors (Lipinski definition) is 3. The molecule has 1 fully saturated rings. The molecule has 0 aromatic heterocycles. The van der Waals surface area contributed by atoms with Gasteiger partial charge in [0.1, 0.15) is 0 Å². The Kier molecular flexibility index (Phi) is 3.34. The summed E-state index contributed by atoms with van der Waals surface area (Å²) in [5.74, 6) is 0. The maximum absolute atomic E-state index is 8.47. The van der Waals surface area contributed by atoms with E-state index in [-0.39, 0.29) is 0 Å². The minimum atomic E-state index is 0.395. The highest BCUT2D eigenvalue weighted by Crippen LogP contribution is 2.00.